The van der Waals surface area contributed by atoms with Crippen molar-refractivity contribution in [1.82, 2.24) is 5.32 Å². The van der Waals surface area contributed by atoms with E-state index in [-0.39, 0.29) is 12.1 Å². The molecule has 3 atom stereocenters. The Bertz CT molecular complexity index is 134. The van der Waals surface area contributed by atoms with Gasteiger partial charge in [0.25, 0.3) is 0 Å². The van der Waals surface area contributed by atoms with E-state index in [1.807, 2.05) is 27.0 Å². The van der Waals surface area contributed by atoms with Gasteiger partial charge in [-0.3, -0.25) is 0 Å². The number of aliphatic hydroxyl groups is 1. The van der Waals surface area contributed by atoms with Gasteiger partial charge in [-0.05, 0) is 33.2 Å². The van der Waals surface area contributed by atoms with Gasteiger partial charge in [0.15, 0.2) is 0 Å². The van der Waals surface area contributed by atoms with E-state index in [1.165, 1.54) is 0 Å². The van der Waals surface area contributed by atoms with Crippen LogP contribution in [0, 0.1) is 5.92 Å². The molecule has 0 radical (unpaired) electrons. The average molecular weight is 171 g/mol. The molecular weight excluding hydrogens is 150 g/mol. The second-order valence-electron chi connectivity index (χ2n) is 3.35. The van der Waals surface area contributed by atoms with E-state index >= 15 is 0 Å². The van der Waals surface area contributed by atoms with Gasteiger partial charge in [0, 0.05) is 6.04 Å². The molecule has 0 rings (SSSR count). The number of likely N-dealkylation sites (N-methyl/N-ethyl adjacent to an activating group) is 1. The van der Waals surface area contributed by atoms with Crippen molar-refractivity contribution < 1.29 is 5.11 Å². The third kappa shape index (κ3) is 3.88. The highest BCUT2D eigenvalue weighted by Crippen LogP contribution is 2.11. The zero-order valence-corrected chi connectivity index (χ0v) is 8.54. The summed E-state index contributed by atoms with van der Waals surface area (Å²) in [5.41, 5.74) is 0. The minimum absolute atomic E-state index is 0.172. The standard InChI is InChI=1S/C10H21NO/c1-5-6-7-8(2)10(12)9(3)11-4/h5-6,8-12H,7H2,1-4H3/b6-5+. The summed E-state index contributed by atoms with van der Waals surface area (Å²) in [6.45, 7) is 6.07. The second-order valence-corrected chi connectivity index (χ2v) is 3.35. The third-order valence-corrected chi connectivity index (χ3v) is 2.29. The molecule has 0 saturated carbocycles. The predicted octanol–water partition coefficient (Wildman–Crippen LogP) is 1.56. The molecule has 0 aliphatic carbocycles. The van der Waals surface area contributed by atoms with Crippen LogP contribution >= 0.6 is 0 Å². The normalized spacial score (nSPS) is 19.4. The van der Waals surface area contributed by atoms with Crippen molar-refractivity contribution in [3.63, 3.8) is 0 Å². The summed E-state index contributed by atoms with van der Waals surface area (Å²) in [4.78, 5) is 0. The largest absolute Gasteiger partial charge is 0.391 e. The lowest BCUT2D eigenvalue weighted by Crippen LogP contribution is -2.38. The molecular formula is C10H21NO. The fourth-order valence-corrected chi connectivity index (χ4v) is 1.15. The Morgan fingerprint density at radius 3 is 2.42 bits per heavy atom. The maximum atomic E-state index is 9.72. The van der Waals surface area contributed by atoms with Crippen LogP contribution in [0.15, 0.2) is 12.2 Å². The summed E-state index contributed by atoms with van der Waals surface area (Å²) in [5, 5.41) is 12.8. The molecule has 0 saturated heterocycles. The van der Waals surface area contributed by atoms with Crippen molar-refractivity contribution in [3.8, 4) is 0 Å². The number of nitrogens with one attached hydrogen (secondary N) is 1. The fourth-order valence-electron chi connectivity index (χ4n) is 1.15. The van der Waals surface area contributed by atoms with Gasteiger partial charge >= 0.3 is 0 Å². The summed E-state index contributed by atoms with van der Waals surface area (Å²) in [6.07, 6.45) is 4.80. The molecule has 2 nitrogen and oxygen atoms in total. The topological polar surface area (TPSA) is 32.3 Å². The van der Waals surface area contributed by atoms with Crippen LogP contribution in [-0.2, 0) is 0 Å². The van der Waals surface area contributed by atoms with Gasteiger partial charge in [-0.2, -0.15) is 0 Å². The Kier molecular flexibility index (Phi) is 6.03. The highest BCUT2D eigenvalue weighted by atomic mass is 16.3. The first kappa shape index (κ1) is 11.7. The zero-order valence-electron chi connectivity index (χ0n) is 8.54. The third-order valence-electron chi connectivity index (χ3n) is 2.29. The average Bonchev–Trinajstić information content (AvgIpc) is 2.11. The first-order valence-corrected chi connectivity index (χ1v) is 4.60. The lowest BCUT2D eigenvalue weighted by Gasteiger charge is -2.23. The summed E-state index contributed by atoms with van der Waals surface area (Å²) < 4.78 is 0. The van der Waals surface area contributed by atoms with Gasteiger partial charge in [-0.15, -0.1) is 0 Å². The summed E-state index contributed by atoms with van der Waals surface area (Å²) >= 11 is 0. The van der Waals surface area contributed by atoms with Crippen molar-refractivity contribution in [2.45, 2.75) is 39.3 Å². The molecule has 2 N–H and O–H groups in total. The van der Waals surface area contributed by atoms with Crippen molar-refractivity contribution in [2.75, 3.05) is 7.05 Å². The maximum Gasteiger partial charge on any atom is 0.0718 e. The zero-order chi connectivity index (χ0) is 9.56. The molecule has 0 amide bonds. The van der Waals surface area contributed by atoms with Gasteiger partial charge in [0.2, 0.25) is 0 Å². The Hall–Kier alpha value is -0.340. The molecule has 0 aliphatic rings. The van der Waals surface area contributed by atoms with Gasteiger partial charge in [-0.1, -0.05) is 19.1 Å². The molecule has 0 spiro atoms. The van der Waals surface area contributed by atoms with E-state index in [0.717, 1.165) is 6.42 Å². The Morgan fingerprint density at radius 1 is 1.42 bits per heavy atom. The molecule has 0 aromatic carbocycles. The number of hydrogen-bond acceptors (Lipinski definition) is 2. The molecule has 0 fully saturated rings. The lowest BCUT2D eigenvalue weighted by atomic mass is 9.96. The van der Waals surface area contributed by atoms with Crippen LogP contribution in [0.2, 0.25) is 0 Å². The Balaban J connectivity index is 3.82. The first-order valence-electron chi connectivity index (χ1n) is 4.60. The van der Waals surface area contributed by atoms with Crippen molar-refractivity contribution in [1.29, 1.82) is 0 Å². The summed E-state index contributed by atoms with van der Waals surface area (Å²) in [7, 11) is 1.87. The highest BCUT2D eigenvalue weighted by molar-refractivity contribution is 4.84. The van der Waals surface area contributed by atoms with E-state index in [2.05, 4.69) is 18.3 Å². The molecule has 2 heteroatoms. The molecule has 0 aromatic heterocycles. The van der Waals surface area contributed by atoms with Crippen molar-refractivity contribution >= 4 is 0 Å². The van der Waals surface area contributed by atoms with Crippen LogP contribution in [0.3, 0.4) is 0 Å². The summed E-state index contributed by atoms with van der Waals surface area (Å²) in [6, 6.07) is 0.172. The van der Waals surface area contributed by atoms with Crippen LogP contribution < -0.4 is 5.32 Å². The smallest absolute Gasteiger partial charge is 0.0718 e. The molecule has 0 aromatic rings. The van der Waals surface area contributed by atoms with Gasteiger partial charge in [-0.25, -0.2) is 0 Å². The quantitative estimate of drug-likeness (QED) is 0.615. The van der Waals surface area contributed by atoms with Crippen LogP contribution in [0.1, 0.15) is 27.2 Å². The summed E-state index contributed by atoms with van der Waals surface area (Å²) in [5.74, 6) is 0.323. The van der Waals surface area contributed by atoms with E-state index in [9.17, 15) is 5.11 Å². The van der Waals surface area contributed by atoms with Crippen molar-refractivity contribution in [2.24, 2.45) is 5.92 Å². The molecule has 72 valence electrons. The molecule has 0 heterocycles. The minimum Gasteiger partial charge on any atom is -0.391 e. The Labute approximate surface area is 75.7 Å². The Morgan fingerprint density at radius 2 is 2.00 bits per heavy atom. The van der Waals surface area contributed by atoms with E-state index < -0.39 is 0 Å². The lowest BCUT2D eigenvalue weighted by molar-refractivity contribution is 0.0862. The van der Waals surface area contributed by atoms with Gasteiger partial charge in [0.1, 0.15) is 0 Å². The maximum absolute atomic E-state index is 9.72. The van der Waals surface area contributed by atoms with Gasteiger partial charge in [0.05, 0.1) is 6.10 Å². The molecule has 3 unspecified atom stereocenters. The highest BCUT2D eigenvalue weighted by Gasteiger charge is 2.18. The number of allylic oxidation sites excluding steroid dienone is 2. The SMILES string of the molecule is C/C=C/CC(C)C(O)C(C)NC. The first-order chi connectivity index (χ1) is 5.63. The monoisotopic (exact) mass is 171 g/mol. The number of rotatable bonds is 5. The van der Waals surface area contributed by atoms with E-state index in [4.69, 9.17) is 0 Å². The number of hydrogen-bond donors (Lipinski definition) is 2. The van der Waals surface area contributed by atoms with Crippen LogP contribution in [0.5, 0.6) is 0 Å². The molecule has 0 bridgehead atoms. The van der Waals surface area contributed by atoms with Crippen molar-refractivity contribution in [3.05, 3.63) is 12.2 Å². The van der Waals surface area contributed by atoms with E-state index in [0.29, 0.717) is 5.92 Å². The minimum atomic E-state index is -0.258. The number of aliphatic hydroxyl groups excluding tert-OH is 1. The van der Waals surface area contributed by atoms with Crippen LogP contribution in [-0.4, -0.2) is 24.3 Å². The second kappa shape index (κ2) is 6.21. The van der Waals surface area contributed by atoms with Crippen LogP contribution in [0.25, 0.3) is 0 Å². The molecule has 0 aliphatic heterocycles. The van der Waals surface area contributed by atoms with Gasteiger partial charge < -0.3 is 10.4 Å². The molecule has 12 heavy (non-hydrogen) atoms. The van der Waals surface area contributed by atoms with E-state index in [1.54, 1.807) is 0 Å². The fraction of sp³-hybridized carbons (Fsp3) is 0.800. The predicted molar refractivity (Wildman–Crippen MR) is 53.1 cm³/mol. The van der Waals surface area contributed by atoms with Crippen LogP contribution in [0.4, 0.5) is 0 Å².